The lowest BCUT2D eigenvalue weighted by atomic mass is 10.1. The third kappa shape index (κ3) is 3.03. The summed E-state index contributed by atoms with van der Waals surface area (Å²) >= 11 is 0. The van der Waals surface area contributed by atoms with Gasteiger partial charge < -0.3 is 4.90 Å². The smallest absolute Gasteiger partial charge is 0.108 e. The summed E-state index contributed by atoms with van der Waals surface area (Å²) in [5.74, 6) is 0. The van der Waals surface area contributed by atoms with E-state index >= 15 is 0 Å². The fourth-order valence-corrected chi connectivity index (χ4v) is 10.5. The van der Waals surface area contributed by atoms with Gasteiger partial charge in [-0.1, -0.05) is 79.5 Å². The highest BCUT2D eigenvalue weighted by Gasteiger charge is 2.53. The maximum atomic E-state index is 2.71. The standard InChI is InChI=1S/C19H33NSi2/c1-20(2)19(15-11-12-17(19)16-21(3,4)5)22(6,7)18-13-9-8-10-14-18/h8-10,13-14,16H,11-12,15H2,1-7H3/b17-16+. The Morgan fingerprint density at radius 1 is 1.00 bits per heavy atom. The summed E-state index contributed by atoms with van der Waals surface area (Å²) < 4.78 is 0. The van der Waals surface area contributed by atoms with Gasteiger partial charge in [0.05, 0.1) is 8.07 Å². The van der Waals surface area contributed by atoms with Crippen LogP contribution < -0.4 is 5.19 Å². The molecule has 0 aromatic heterocycles. The zero-order valence-electron chi connectivity index (χ0n) is 15.5. The van der Waals surface area contributed by atoms with Gasteiger partial charge in [0.25, 0.3) is 0 Å². The van der Waals surface area contributed by atoms with Gasteiger partial charge in [0.15, 0.2) is 0 Å². The Labute approximate surface area is 139 Å². The van der Waals surface area contributed by atoms with Gasteiger partial charge in [-0.25, -0.2) is 0 Å². The second-order valence-electron chi connectivity index (χ2n) is 8.63. The van der Waals surface area contributed by atoms with Crippen molar-refractivity contribution in [2.75, 3.05) is 14.1 Å². The molecule has 0 radical (unpaired) electrons. The van der Waals surface area contributed by atoms with Gasteiger partial charge in [0, 0.05) is 5.16 Å². The lowest BCUT2D eigenvalue weighted by molar-refractivity contribution is 0.280. The molecular formula is C19H33NSi2. The lowest BCUT2D eigenvalue weighted by Gasteiger charge is -2.50. The van der Waals surface area contributed by atoms with Gasteiger partial charge in [0.1, 0.15) is 8.07 Å². The normalized spacial score (nSPS) is 25.2. The zero-order valence-corrected chi connectivity index (χ0v) is 17.5. The molecule has 1 fully saturated rings. The molecule has 1 atom stereocenters. The Morgan fingerprint density at radius 2 is 1.59 bits per heavy atom. The van der Waals surface area contributed by atoms with E-state index in [9.17, 15) is 0 Å². The third-order valence-corrected chi connectivity index (χ3v) is 11.5. The fraction of sp³-hybridized carbons (Fsp3) is 0.579. The Bertz CT molecular complexity index is 540. The van der Waals surface area contributed by atoms with Crippen LogP contribution in [0.25, 0.3) is 0 Å². The van der Waals surface area contributed by atoms with Gasteiger partial charge in [-0.3, -0.25) is 0 Å². The summed E-state index contributed by atoms with van der Waals surface area (Å²) in [4.78, 5) is 2.56. The molecule has 0 bridgehead atoms. The van der Waals surface area contributed by atoms with Crippen LogP contribution in [0, 0.1) is 0 Å². The number of likely N-dealkylation sites (N-methyl/N-ethyl adjacent to an activating group) is 1. The predicted molar refractivity (Wildman–Crippen MR) is 105 cm³/mol. The average molecular weight is 332 g/mol. The van der Waals surface area contributed by atoms with Crippen LogP contribution in [0.2, 0.25) is 32.7 Å². The van der Waals surface area contributed by atoms with Gasteiger partial charge in [-0.2, -0.15) is 0 Å². The van der Waals surface area contributed by atoms with Gasteiger partial charge in [0.2, 0.25) is 0 Å². The summed E-state index contributed by atoms with van der Waals surface area (Å²) in [5, 5.41) is 1.88. The largest absolute Gasteiger partial charge is 0.302 e. The number of hydrogen-bond acceptors (Lipinski definition) is 1. The minimum atomic E-state index is -1.64. The summed E-state index contributed by atoms with van der Waals surface area (Å²) in [7, 11) is 1.77. The molecule has 1 saturated carbocycles. The minimum absolute atomic E-state index is 0.286. The molecule has 1 aromatic carbocycles. The molecule has 1 aliphatic carbocycles. The maximum absolute atomic E-state index is 2.71. The molecule has 1 nitrogen and oxygen atoms in total. The van der Waals surface area contributed by atoms with Crippen molar-refractivity contribution in [1.82, 2.24) is 4.90 Å². The van der Waals surface area contributed by atoms with E-state index in [1.165, 1.54) is 19.3 Å². The Balaban J connectivity index is 2.60. The number of nitrogens with zero attached hydrogens (tertiary/aromatic N) is 1. The van der Waals surface area contributed by atoms with E-state index in [4.69, 9.17) is 0 Å². The van der Waals surface area contributed by atoms with E-state index < -0.39 is 16.1 Å². The maximum Gasteiger partial charge on any atom is 0.108 e. The van der Waals surface area contributed by atoms with Crippen LogP contribution in [0.4, 0.5) is 0 Å². The van der Waals surface area contributed by atoms with Crippen LogP contribution in [0.1, 0.15) is 19.3 Å². The van der Waals surface area contributed by atoms with E-state index in [-0.39, 0.29) is 5.16 Å². The zero-order chi connectivity index (χ0) is 16.6. The molecule has 122 valence electrons. The second-order valence-corrected chi connectivity index (χ2v) is 18.3. The molecule has 2 rings (SSSR count). The molecule has 0 heterocycles. The number of benzene rings is 1. The molecule has 0 amide bonds. The second kappa shape index (κ2) is 6.10. The molecule has 1 aliphatic rings. The van der Waals surface area contributed by atoms with E-state index in [2.05, 4.69) is 87.8 Å². The third-order valence-electron chi connectivity index (χ3n) is 5.42. The Kier molecular flexibility index (Phi) is 4.91. The van der Waals surface area contributed by atoms with Crippen molar-refractivity contribution >= 4 is 21.3 Å². The first-order valence-electron chi connectivity index (χ1n) is 8.56. The molecule has 0 saturated heterocycles. The first-order chi connectivity index (χ1) is 10.1. The SMILES string of the molecule is CN(C)C1([Si](C)(C)c2ccccc2)CCC/C1=C\[Si](C)(C)C. The summed E-state index contributed by atoms with van der Waals surface area (Å²) in [5.41, 5.74) is 4.45. The van der Waals surface area contributed by atoms with Crippen molar-refractivity contribution in [3.8, 4) is 0 Å². The molecule has 3 heteroatoms. The fourth-order valence-electron chi connectivity index (χ4n) is 4.49. The highest BCUT2D eigenvalue weighted by molar-refractivity contribution is 6.93. The van der Waals surface area contributed by atoms with Crippen molar-refractivity contribution in [3.05, 3.63) is 41.6 Å². The lowest BCUT2D eigenvalue weighted by Crippen LogP contribution is -2.68. The van der Waals surface area contributed by atoms with Gasteiger partial charge in [-0.05, 0) is 33.4 Å². The minimum Gasteiger partial charge on any atom is -0.302 e. The molecular weight excluding hydrogens is 298 g/mol. The predicted octanol–water partition coefficient (Wildman–Crippen LogP) is 4.43. The van der Waals surface area contributed by atoms with Crippen LogP contribution in [-0.2, 0) is 0 Å². The Morgan fingerprint density at radius 3 is 2.09 bits per heavy atom. The van der Waals surface area contributed by atoms with Crippen LogP contribution >= 0.6 is 0 Å². The van der Waals surface area contributed by atoms with Crippen LogP contribution in [0.15, 0.2) is 41.6 Å². The van der Waals surface area contributed by atoms with Crippen LogP contribution in [-0.4, -0.2) is 40.3 Å². The van der Waals surface area contributed by atoms with Crippen molar-refractivity contribution in [3.63, 3.8) is 0 Å². The average Bonchev–Trinajstić information content (AvgIpc) is 2.82. The van der Waals surface area contributed by atoms with Crippen molar-refractivity contribution in [1.29, 1.82) is 0 Å². The van der Waals surface area contributed by atoms with Crippen molar-refractivity contribution in [2.45, 2.75) is 57.2 Å². The summed E-state index contributed by atoms with van der Waals surface area (Å²) in [6.07, 6.45) is 3.97. The van der Waals surface area contributed by atoms with E-state index in [1.807, 2.05) is 0 Å². The highest BCUT2D eigenvalue weighted by Crippen LogP contribution is 2.45. The Hall–Kier alpha value is -0.646. The summed E-state index contributed by atoms with van der Waals surface area (Å²) in [6.45, 7) is 12.6. The van der Waals surface area contributed by atoms with E-state index in [0.29, 0.717) is 0 Å². The van der Waals surface area contributed by atoms with Gasteiger partial charge >= 0.3 is 0 Å². The molecule has 0 spiro atoms. The molecule has 1 aromatic rings. The van der Waals surface area contributed by atoms with Crippen LogP contribution in [0.5, 0.6) is 0 Å². The molecule has 1 unspecified atom stereocenters. The number of rotatable bonds is 4. The van der Waals surface area contributed by atoms with Crippen molar-refractivity contribution < 1.29 is 0 Å². The quantitative estimate of drug-likeness (QED) is 0.738. The monoisotopic (exact) mass is 331 g/mol. The van der Waals surface area contributed by atoms with Gasteiger partial charge in [-0.15, -0.1) is 0 Å². The van der Waals surface area contributed by atoms with Crippen molar-refractivity contribution in [2.24, 2.45) is 0 Å². The van der Waals surface area contributed by atoms with E-state index in [1.54, 1.807) is 10.8 Å². The molecule has 22 heavy (non-hydrogen) atoms. The number of hydrogen-bond donors (Lipinski definition) is 0. The van der Waals surface area contributed by atoms with E-state index in [0.717, 1.165) is 0 Å². The summed E-state index contributed by atoms with van der Waals surface area (Å²) in [6, 6.07) is 11.3. The highest BCUT2D eigenvalue weighted by atomic mass is 28.3. The first kappa shape index (κ1) is 17.7. The topological polar surface area (TPSA) is 3.24 Å². The first-order valence-corrected chi connectivity index (χ1v) is 15.1. The molecule has 0 N–H and O–H groups in total. The molecule has 0 aliphatic heterocycles. The van der Waals surface area contributed by atoms with Crippen LogP contribution in [0.3, 0.4) is 0 Å².